The first-order chi connectivity index (χ1) is 11.7. The van der Waals surface area contributed by atoms with E-state index in [4.69, 9.17) is 0 Å². The van der Waals surface area contributed by atoms with Gasteiger partial charge in [-0.25, -0.2) is 0 Å². The zero-order chi connectivity index (χ0) is 18.7. The number of carbonyl (C=O) groups is 1. The molecule has 0 atom stereocenters. The number of hydrogen-bond acceptors (Lipinski definition) is 5. The van der Waals surface area contributed by atoms with Gasteiger partial charge in [0.25, 0.3) is 5.91 Å². The van der Waals surface area contributed by atoms with Crippen LogP contribution >= 0.6 is 11.3 Å². The molecule has 2 rings (SSSR count). The summed E-state index contributed by atoms with van der Waals surface area (Å²) in [5.74, 6) is -0.787. The minimum absolute atomic E-state index is 0.328. The second-order valence-electron chi connectivity index (χ2n) is 5.60. The molecule has 0 unspecified atom stereocenters. The SMILES string of the molecule is CC(CO)(CO)NC(=O)c1cc(-c2ccc(OC(F)(F)F)cc2)cs1. The summed E-state index contributed by atoms with van der Waals surface area (Å²) in [6.45, 7) is 0.654. The van der Waals surface area contributed by atoms with Crippen molar-refractivity contribution in [2.24, 2.45) is 0 Å². The summed E-state index contributed by atoms with van der Waals surface area (Å²) < 4.78 is 40.3. The Balaban J connectivity index is 2.12. The van der Waals surface area contributed by atoms with Gasteiger partial charge < -0.3 is 20.3 Å². The smallest absolute Gasteiger partial charge is 0.406 e. The predicted octanol–water partition coefficient (Wildman–Crippen LogP) is 2.79. The van der Waals surface area contributed by atoms with Gasteiger partial charge >= 0.3 is 6.36 Å². The molecule has 0 saturated heterocycles. The molecule has 0 saturated carbocycles. The summed E-state index contributed by atoms with van der Waals surface area (Å²) in [5.41, 5.74) is 0.137. The number of halogens is 3. The second kappa shape index (κ2) is 7.42. The molecular formula is C16H16F3NO4S. The molecule has 1 amide bonds. The maximum Gasteiger partial charge on any atom is 0.573 e. The van der Waals surface area contributed by atoms with E-state index >= 15 is 0 Å². The molecule has 0 aliphatic rings. The average Bonchev–Trinajstić information content (AvgIpc) is 3.04. The van der Waals surface area contributed by atoms with Gasteiger partial charge in [-0.2, -0.15) is 0 Å². The highest BCUT2D eigenvalue weighted by Crippen LogP contribution is 2.29. The summed E-state index contributed by atoms with van der Waals surface area (Å²) >= 11 is 1.14. The number of nitrogens with one attached hydrogen (secondary N) is 1. The fourth-order valence-electron chi connectivity index (χ4n) is 1.92. The first-order valence-corrected chi connectivity index (χ1v) is 8.03. The van der Waals surface area contributed by atoms with Crippen LogP contribution in [0, 0.1) is 0 Å². The molecule has 1 heterocycles. The molecule has 0 aliphatic heterocycles. The first-order valence-electron chi connectivity index (χ1n) is 7.15. The number of amides is 1. The normalized spacial score (nSPS) is 12.1. The van der Waals surface area contributed by atoms with Crippen LogP contribution in [0.1, 0.15) is 16.6 Å². The number of hydrogen-bond donors (Lipinski definition) is 3. The first kappa shape index (κ1) is 19.2. The Morgan fingerprint density at radius 1 is 1.16 bits per heavy atom. The van der Waals surface area contributed by atoms with E-state index in [-0.39, 0.29) is 5.75 Å². The third kappa shape index (κ3) is 5.18. The van der Waals surface area contributed by atoms with Gasteiger partial charge in [-0.15, -0.1) is 24.5 Å². The molecule has 136 valence electrons. The number of alkyl halides is 3. The molecule has 5 nitrogen and oxygen atoms in total. The van der Waals surface area contributed by atoms with Gasteiger partial charge in [0.1, 0.15) is 5.75 Å². The van der Waals surface area contributed by atoms with E-state index in [9.17, 15) is 28.2 Å². The van der Waals surface area contributed by atoms with Crippen molar-refractivity contribution >= 4 is 17.2 Å². The molecular weight excluding hydrogens is 359 g/mol. The lowest BCUT2D eigenvalue weighted by molar-refractivity contribution is -0.274. The summed E-state index contributed by atoms with van der Waals surface area (Å²) in [7, 11) is 0. The molecule has 2 aromatic rings. The Morgan fingerprint density at radius 2 is 1.76 bits per heavy atom. The van der Waals surface area contributed by atoms with Crippen LogP contribution in [0.5, 0.6) is 5.75 Å². The largest absolute Gasteiger partial charge is 0.573 e. The number of rotatable bonds is 6. The van der Waals surface area contributed by atoms with Crippen molar-refractivity contribution in [3.8, 4) is 16.9 Å². The summed E-state index contributed by atoms with van der Waals surface area (Å²) in [5, 5.41) is 22.6. The molecule has 3 N–H and O–H groups in total. The van der Waals surface area contributed by atoms with E-state index in [0.717, 1.165) is 11.3 Å². The Labute approximate surface area is 145 Å². The zero-order valence-electron chi connectivity index (χ0n) is 13.1. The van der Waals surface area contributed by atoms with Crippen LogP contribution in [-0.2, 0) is 0 Å². The molecule has 0 aliphatic carbocycles. The standard InChI is InChI=1S/C16H16F3NO4S/c1-15(8-21,9-22)20-14(23)13-6-11(7-25-13)10-2-4-12(5-3-10)24-16(17,18)19/h2-7,21-22H,8-9H2,1H3,(H,20,23). The van der Waals surface area contributed by atoms with Gasteiger partial charge in [0.15, 0.2) is 0 Å². The van der Waals surface area contributed by atoms with Crippen LogP contribution in [0.3, 0.4) is 0 Å². The van der Waals surface area contributed by atoms with E-state index in [1.807, 2.05) is 0 Å². The molecule has 25 heavy (non-hydrogen) atoms. The molecule has 9 heteroatoms. The van der Waals surface area contributed by atoms with Gasteiger partial charge in [-0.3, -0.25) is 4.79 Å². The van der Waals surface area contributed by atoms with Crippen LogP contribution in [0.25, 0.3) is 11.1 Å². The number of aliphatic hydroxyl groups excluding tert-OH is 2. The molecule has 0 spiro atoms. The van der Waals surface area contributed by atoms with Crippen molar-refractivity contribution in [2.45, 2.75) is 18.8 Å². The monoisotopic (exact) mass is 375 g/mol. The number of aliphatic hydroxyl groups is 2. The number of thiophene rings is 1. The lowest BCUT2D eigenvalue weighted by Gasteiger charge is -2.25. The molecule has 0 radical (unpaired) electrons. The molecule has 1 aromatic heterocycles. The van der Waals surface area contributed by atoms with E-state index < -0.39 is 31.0 Å². The fraction of sp³-hybridized carbons (Fsp3) is 0.312. The summed E-state index contributed by atoms with van der Waals surface area (Å²) in [6.07, 6.45) is -4.75. The quantitative estimate of drug-likeness (QED) is 0.726. The third-order valence-corrected chi connectivity index (χ3v) is 4.29. The van der Waals surface area contributed by atoms with Crippen LogP contribution in [0.2, 0.25) is 0 Å². The second-order valence-corrected chi connectivity index (χ2v) is 6.51. The van der Waals surface area contributed by atoms with Crippen LogP contribution < -0.4 is 10.1 Å². The van der Waals surface area contributed by atoms with E-state index in [0.29, 0.717) is 16.0 Å². The molecule has 0 bridgehead atoms. The Bertz CT molecular complexity index is 724. The van der Waals surface area contributed by atoms with Crippen molar-refractivity contribution in [1.29, 1.82) is 0 Å². The van der Waals surface area contributed by atoms with Gasteiger partial charge in [0.2, 0.25) is 0 Å². The maximum atomic E-state index is 12.2. The van der Waals surface area contributed by atoms with E-state index in [2.05, 4.69) is 10.1 Å². The zero-order valence-corrected chi connectivity index (χ0v) is 13.9. The minimum Gasteiger partial charge on any atom is -0.406 e. The van der Waals surface area contributed by atoms with Crippen molar-refractivity contribution in [3.05, 3.63) is 40.6 Å². The van der Waals surface area contributed by atoms with Crippen LogP contribution in [0.4, 0.5) is 13.2 Å². The lowest BCUT2D eigenvalue weighted by atomic mass is 10.1. The van der Waals surface area contributed by atoms with Gasteiger partial charge in [0, 0.05) is 0 Å². The Hall–Kier alpha value is -2.10. The van der Waals surface area contributed by atoms with E-state index in [1.165, 1.54) is 31.2 Å². The topological polar surface area (TPSA) is 78.8 Å². The minimum atomic E-state index is -4.75. The number of ether oxygens (including phenoxy) is 1. The van der Waals surface area contributed by atoms with Crippen molar-refractivity contribution in [3.63, 3.8) is 0 Å². The summed E-state index contributed by atoms with van der Waals surface area (Å²) in [4.78, 5) is 12.5. The van der Waals surface area contributed by atoms with Crippen molar-refractivity contribution in [1.82, 2.24) is 5.32 Å². The highest BCUT2D eigenvalue weighted by atomic mass is 32.1. The van der Waals surface area contributed by atoms with Crippen molar-refractivity contribution < 1.29 is 32.9 Å². The lowest BCUT2D eigenvalue weighted by Crippen LogP contribution is -2.51. The van der Waals surface area contributed by atoms with Crippen LogP contribution in [-0.4, -0.2) is 41.2 Å². The average molecular weight is 375 g/mol. The predicted molar refractivity (Wildman–Crippen MR) is 86.5 cm³/mol. The molecule has 1 aromatic carbocycles. The highest BCUT2D eigenvalue weighted by Gasteiger charge is 2.31. The van der Waals surface area contributed by atoms with E-state index in [1.54, 1.807) is 11.4 Å². The Morgan fingerprint density at radius 3 is 2.28 bits per heavy atom. The Kier molecular flexibility index (Phi) is 5.71. The fourth-order valence-corrected chi connectivity index (χ4v) is 2.73. The van der Waals surface area contributed by atoms with Gasteiger partial charge in [-0.1, -0.05) is 12.1 Å². The maximum absolute atomic E-state index is 12.2. The third-order valence-electron chi connectivity index (χ3n) is 3.36. The number of carbonyl (C=O) groups excluding carboxylic acids is 1. The van der Waals surface area contributed by atoms with Gasteiger partial charge in [0.05, 0.1) is 23.6 Å². The van der Waals surface area contributed by atoms with Crippen LogP contribution in [0.15, 0.2) is 35.7 Å². The number of benzene rings is 1. The highest BCUT2D eigenvalue weighted by molar-refractivity contribution is 7.12. The molecule has 0 fully saturated rings. The van der Waals surface area contributed by atoms with Crippen molar-refractivity contribution in [2.75, 3.05) is 13.2 Å². The van der Waals surface area contributed by atoms with Gasteiger partial charge in [-0.05, 0) is 41.6 Å². The summed E-state index contributed by atoms with van der Waals surface area (Å²) in [6, 6.07) is 6.87.